The highest BCUT2D eigenvalue weighted by Crippen LogP contribution is 2.42. The second-order valence-electron chi connectivity index (χ2n) is 7.94. The number of nitrogens with zero attached hydrogens (tertiary/aromatic N) is 1. The Morgan fingerprint density at radius 2 is 1.90 bits per heavy atom. The topological polar surface area (TPSA) is 54.4 Å². The van der Waals surface area contributed by atoms with E-state index >= 15 is 0 Å². The first-order chi connectivity index (χ1) is 14.6. The molecule has 0 unspecified atom stereocenters. The van der Waals surface area contributed by atoms with Gasteiger partial charge in [-0.05, 0) is 57.7 Å². The van der Waals surface area contributed by atoms with Crippen LogP contribution < -0.4 is 10.1 Å². The maximum absolute atomic E-state index is 14.3. The van der Waals surface area contributed by atoms with E-state index in [9.17, 15) is 9.50 Å². The molecule has 1 aromatic carbocycles. The van der Waals surface area contributed by atoms with Crippen molar-refractivity contribution in [2.24, 2.45) is 0 Å². The molecule has 1 aromatic heterocycles. The summed E-state index contributed by atoms with van der Waals surface area (Å²) in [5.74, 6) is -0.132. The number of phenols is 1. The number of phenolic OH excluding ortho intramolecular Hbond substituents is 1. The molecule has 1 heterocycles. The number of halogens is 3. The van der Waals surface area contributed by atoms with Crippen LogP contribution in [0.25, 0.3) is 0 Å². The summed E-state index contributed by atoms with van der Waals surface area (Å²) in [4.78, 5) is 3.82. The van der Waals surface area contributed by atoms with Gasteiger partial charge in [-0.1, -0.05) is 60.3 Å². The molecule has 2 aromatic rings. The summed E-state index contributed by atoms with van der Waals surface area (Å²) in [7, 11) is 0. The Morgan fingerprint density at radius 1 is 1.19 bits per heavy atom. The second kappa shape index (κ2) is 11.4. The number of benzene rings is 1. The smallest absolute Gasteiger partial charge is 0.237 e. The average molecular weight is 467 g/mol. The lowest BCUT2D eigenvalue weighted by Gasteiger charge is -2.15. The zero-order valence-electron chi connectivity index (χ0n) is 18.5. The molecule has 0 saturated heterocycles. The molecule has 0 saturated carbocycles. The Hall–Kier alpha value is -2.24. The fourth-order valence-electron chi connectivity index (χ4n) is 2.89. The lowest BCUT2D eigenvalue weighted by Crippen LogP contribution is -2.05. The molecule has 7 heteroatoms. The maximum Gasteiger partial charge on any atom is 0.237 e. The number of aromatic nitrogens is 1. The fraction of sp³-hybridized carbons (Fsp3) is 0.375. The number of anilines is 1. The molecule has 0 aliphatic heterocycles. The predicted molar refractivity (Wildman–Crippen MR) is 127 cm³/mol. The minimum Gasteiger partial charge on any atom is -0.508 e. The van der Waals surface area contributed by atoms with Crippen molar-refractivity contribution in [2.45, 2.75) is 53.4 Å². The number of hydrogen-bond acceptors (Lipinski definition) is 4. The van der Waals surface area contributed by atoms with Crippen molar-refractivity contribution in [1.29, 1.82) is 0 Å². The van der Waals surface area contributed by atoms with E-state index in [4.69, 9.17) is 27.9 Å². The van der Waals surface area contributed by atoms with Crippen molar-refractivity contribution >= 4 is 29.0 Å². The fourth-order valence-corrected chi connectivity index (χ4v) is 3.36. The van der Waals surface area contributed by atoms with Gasteiger partial charge in [-0.3, -0.25) is 0 Å². The van der Waals surface area contributed by atoms with E-state index in [1.807, 2.05) is 26.8 Å². The van der Waals surface area contributed by atoms with Crippen molar-refractivity contribution in [3.8, 4) is 17.2 Å². The summed E-state index contributed by atoms with van der Waals surface area (Å²) in [6.45, 7) is 10.5. The molecule has 2 N–H and O–H groups in total. The van der Waals surface area contributed by atoms with E-state index in [0.717, 1.165) is 12.8 Å². The molecule has 0 radical (unpaired) electrons. The van der Waals surface area contributed by atoms with Gasteiger partial charge in [-0.2, -0.15) is 9.37 Å². The van der Waals surface area contributed by atoms with Crippen LogP contribution in [0.4, 0.5) is 10.2 Å². The highest BCUT2D eigenvalue weighted by atomic mass is 35.5. The molecule has 0 fully saturated rings. The van der Waals surface area contributed by atoms with Crippen molar-refractivity contribution < 1.29 is 14.2 Å². The Labute approximate surface area is 193 Å². The van der Waals surface area contributed by atoms with Gasteiger partial charge in [0.15, 0.2) is 11.6 Å². The zero-order chi connectivity index (χ0) is 23.1. The van der Waals surface area contributed by atoms with Gasteiger partial charge in [0.2, 0.25) is 5.95 Å². The Morgan fingerprint density at radius 3 is 2.55 bits per heavy atom. The van der Waals surface area contributed by atoms with Crippen LogP contribution in [0.5, 0.6) is 17.2 Å². The van der Waals surface area contributed by atoms with E-state index in [-0.39, 0.29) is 33.3 Å². The number of ether oxygens (including phenoxy) is 1. The Balaban J connectivity index is 2.20. The van der Waals surface area contributed by atoms with E-state index in [1.54, 1.807) is 12.1 Å². The van der Waals surface area contributed by atoms with Crippen molar-refractivity contribution in [3.05, 3.63) is 63.1 Å². The molecule has 0 atom stereocenters. The summed E-state index contributed by atoms with van der Waals surface area (Å²) < 4.78 is 20.1. The normalized spacial score (nSPS) is 11.6. The molecular formula is C24H29Cl2FN2O2. The second-order valence-corrected chi connectivity index (χ2v) is 8.69. The average Bonchev–Trinajstić information content (AvgIpc) is 2.69. The van der Waals surface area contributed by atoms with E-state index in [1.165, 1.54) is 17.2 Å². The van der Waals surface area contributed by atoms with Crippen molar-refractivity contribution in [2.75, 3.05) is 11.9 Å². The summed E-state index contributed by atoms with van der Waals surface area (Å²) in [6, 6.07) is 4.76. The minimum absolute atomic E-state index is 0.0250. The van der Waals surface area contributed by atoms with Crippen LogP contribution in [0.15, 0.2) is 41.5 Å². The predicted octanol–water partition coefficient (Wildman–Crippen LogP) is 8.25. The highest BCUT2D eigenvalue weighted by molar-refractivity contribution is 6.38. The molecule has 4 nitrogen and oxygen atoms in total. The summed E-state index contributed by atoms with van der Waals surface area (Å²) >= 11 is 12.5. The molecule has 0 aliphatic rings. The Kier molecular flexibility index (Phi) is 9.20. The SMILES string of the molecule is CC(C)=CCC/C(C)=C/CNc1nc(F)c(Cl)c(Oc2ccc(O)c(C(C)C)c2)c1Cl. The number of aromatic hydroxyl groups is 1. The minimum atomic E-state index is -0.879. The molecule has 0 amide bonds. The number of nitrogens with one attached hydrogen (secondary N) is 1. The van der Waals surface area contributed by atoms with Crippen LogP contribution in [0.1, 0.15) is 58.9 Å². The molecule has 0 bridgehead atoms. The number of rotatable bonds is 9. The van der Waals surface area contributed by atoms with Gasteiger partial charge in [0.1, 0.15) is 21.5 Å². The van der Waals surface area contributed by atoms with Crippen LogP contribution in [0.3, 0.4) is 0 Å². The maximum atomic E-state index is 14.3. The zero-order valence-corrected chi connectivity index (χ0v) is 20.0. The van der Waals surface area contributed by atoms with Crippen LogP contribution in [-0.2, 0) is 0 Å². The molecule has 31 heavy (non-hydrogen) atoms. The molecule has 168 valence electrons. The van der Waals surface area contributed by atoms with Gasteiger partial charge >= 0.3 is 0 Å². The first-order valence-electron chi connectivity index (χ1n) is 10.2. The van der Waals surface area contributed by atoms with Crippen LogP contribution in [-0.4, -0.2) is 16.6 Å². The first-order valence-corrected chi connectivity index (χ1v) is 10.9. The van der Waals surface area contributed by atoms with Gasteiger partial charge in [0.25, 0.3) is 0 Å². The van der Waals surface area contributed by atoms with Crippen LogP contribution in [0.2, 0.25) is 10.0 Å². The third-order valence-electron chi connectivity index (χ3n) is 4.65. The van der Waals surface area contributed by atoms with Crippen LogP contribution in [0, 0.1) is 5.95 Å². The van der Waals surface area contributed by atoms with Gasteiger partial charge in [-0.25, -0.2) is 0 Å². The quantitative estimate of drug-likeness (QED) is 0.288. The summed E-state index contributed by atoms with van der Waals surface area (Å²) in [5.41, 5.74) is 3.20. The molecule has 0 spiro atoms. The standard InChI is InChI=1S/C24H29Cl2FN2O2/c1-14(2)7-6-8-16(5)11-12-28-24-21(26)22(20(25)23(27)29-24)31-17-9-10-19(30)18(13-17)15(3)4/h7,9-11,13,15,30H,6,8,12H2,1-5H3,(H,28,29)/b16-11+. The third kappa shape index (κ3) is 7.15. The molecule has 2 rings (SSSR count). The monoisotopic (exact) mass is 466 g/mol. The van der Waals surface area contributed by atoms with Crippen LogP contribution >= 0.6 is 23.2 Å². The highest BCUT2D eigenvalue weighted by Gasteiger charge is 2.20. The van der Waals surface area contributed by atoms with Gasteiger partial charge in [0.05, 0.1) is 0 Å². The van der Waals surface area contributed by atoms with E-state index in [2.05, 4.69) is 30.2 Å². The van der Waals surface area contributed by atoms with E-state index < -0.39 is 5.95 Å². The number of pyridine rings is 1. The van der Waals surface area contributed by atoms with Gasteiger partial charge < -0.3 is 15.2 Å². The lowest BCUT2D eigenvalue weighted by molar-refractivity contribution is 0.452. The lowest BCUT2D eigenvalue weighted by atomic mass is 10.0. The van der Waals surface area contributed by atoms with Gasteiger partial charge in [0, 0.05) is 12.1 Å². The Bertz CT molecular complexity index is 984. The number of allylic oxidation sites excluding steroid dienone is 3. The van der Waals surface area contributed by atoms with E-state index in [0.29, 0.717) is 17.9 Å². The number of hydrogen-bond donors (Lipinski definition) is 2. The summed E-state index contributed by atoms with van der Waals surface area (Å²) in [5, 5.41) is 12.8. The largest absolute Gasteiger partial charge is 0.508 e. The first kappa shape index (κ1) is 25.0. The molecule has 0 aliphatic carbocycles. The van der Waals surface area contributed by atoms with Crippen molar-refractivity contribution in [3.63, 3.8) is 0 Å². The van der Waals surface area contributed by atoms with Crippen molar-refractivity contribution in [1.82, 2.24) is 4.98 Å². The third-order valence-corrected chi connectivity index (χ3v) is 5.33. The summed E-state index contributed by atoms with van der Waals surface area (Å²) in [6.07, 6.45) is 6.12. The van der Waals surface area contributed by atoms with Gasteiger partial charge in [-0.15, -0.1) is 0 Å². The molecular weight excluding hydrogens is 438 g/mol.